The van der Waals surface area contributed by atoms with Gasteiger partial charge in [0.2, 0.25) is 5.91 Å². The largest absolute Gasteiger partial charge is 0.379 e. The topological polar surface area (TPSA) is 73.9 Å². The smallest absolute Gasteiger partial charge is 0.253 e. The number of carbonyl (C=O) groups excluding carboxylic acids is 2. The molecule has 0 atom stereocenters. The third-order valence-corrected chi connectivity index (χ3v) is 7.15. The summed E-state index contributed by atoms with van der Waals surface area (Å²) >= 11 is 0. The first-order valence-corrected chi connectivity index (χ1v) is 12.4. The molecule has 0 spiro atoms. The van der Waals surface area contributed by atoms with Crippen molar-refractivity contribution >= 4 is 23.2 Å². The van der Waals surface area contributed by atoms with Crippen LogP contribution in [-0.4, -0.2) is 69.2 Å². The Bertz CT molecular complexity index is 781. The molecule has 7 heteroatoms. The summed E-state index contributed by atoms with van der Waals surface area (Å²) < 4.78 is 5.40. The van der Waals surface area contributed by atoms with Gasteiger partial charge in [-0.15, -0.1) is 0 Å². The van der Waals surface area contributed by atoms with E-state index in [1.54, 1.807) is 0 Å². The van der Waals surface area contributed by atoms with Crippen molar-refractivity contribution in [2.45, 2.75) is 45.4 Å². The molecule has 3 aliphatic rings. The van der Waals surface area contributed by atoms with Crippen molar-refractivity contribution in [2.75, 3.05) is 62.7 Å². The molecule has 3 fully saturated rings. The first-order chi connectivity index (χ1) is 15.6. The number of hydrogen-bond acceptors (Lipinski definition) is 5. The van der Waals surface area contributed by atoms with E-state index < -0.39 is 0 Å². The van der Waals surface area contributed by atoms with E-state index in [0.29, 0.717) is 12.1 Å². The van der Waals surface area contributed by atoms with Crippen molar-refractivity contribution in [3.8, 4) is 0 Å². The fourth-order valence-corrected chi connectivity index (χ4v) is 4.66. The molecular weight excluding hydrogens is 404 g/mol. The van der Waals surface area contributed by atoms with Gasteiger partial charge in [0.05, 0.1) is 18.8 Å². The zero-order chi connectivity index (χ0) is 22.3. The number of piperidine rings is 1. The molecule has 0 unspecified atom stereocenters. The summed E-state index contributed by atoms with van der Waals surface area (Å²) in [5.74, 6) is 0.869. The second-order valence-electron chi connectivity index (χ2n) is 9.58. The van der Waals surface area contributed by atoms with Gasteiger partial charge in [0.25, 0.3) is 5.91 Å². The van der Waals surface area contributed by atoms with Gasteiger partial charge in [0, 0.05) is 50.0 Å². The molecule has 2 amide bonds. The van der Waals surface area contributed by atoms with Crippen molar-refractivity contribution in [3.63, 3.8) is 0 Å². The van der Waals surface area contributed by atoms with Gasteiger partial charge in [-0.2, -0.15) is 0 Å². The van der Waals surface area contributed by atoms with E-state index in [4.69, 9.17) is 4.74 Å². The standard InChI is InChI=1S/C25H38N4O3/c1-19-8-12-29(13-9-19)23-7-6-21(27-24(30)20-4-2-5-20)18-22(23)25(31)26-10-3-11-28-14-16-32-17-15-28/h6-7,18-20H,2-5,8-17H2,1H3,(H,26,31)(H,27,30). The van der Waals surface area contributed by atoms with Crippen LogP contribution in [0.3, 0.4) is 0 Å². The second kappa shape index (κ2) is 11.1. The number of hydrogen-bond donors (Lipinski definition) is 2. The van der Waals surface area contributed by atoms with Crippen LogP contribution >= 0.6 is 0 Å². The molecule has 0 radical (unpaired) electrons. The minimum absolute atomic E-state index is 0.0552. The van der Waals surface area contributed by atoms with Gasteiger partial charge in [0.15, 0.2) is 0 Å². The highest BCUT2D eigenvalue weighted by molar-refractivity contribution is 6.02. The van der Waals surface area contributed by atoms with Gasteiger partial charge < -0.3 is 20.3 Å². The van der Waals surface area contributed by atoms with Crippen LogP contribution in [0.15, 0.2) is 18.2 Å². The summed E-state index contributed by atoms with van der Waals surface area (Å²) in [4.78, 5) is 30.3. The molecular formula is C25H38N4O3. The van der Waals surface area contributed by atoms with Crippen LogP contribution in [0.5, 0.6) is 0 Å². The van der Waals surface area contributed by atoms with E-state index in [0.717, 1.165) is 102 Å². The van der Waals surface area contributed by atoms with Crippen LogP contribution in [0.1, 0.15) is 55.8 Å². The van der Waals surface area contributed by atoms with Gasteiger partial charge in [0.1, 0.15) is 0 Å². The number of nitrogens with one attached hydrogen (secondary N) is 2. The van der Waals surface area contributed by atoms with Gasteiger partial charge in [-0.3, -0.25) is 14.5 Å². The lowest BCUT2D eigenvalue weighted by Gasteiger charge is -2.33. The Morgan fingerprint density at radius 3 is 2.50 bits per heavy atom. The van der Waals surface area contributed by atoms with Gasteiger partial charge in [-0.25, -0.2) is 0 Å². The third-order valence-electron chi connectivity index (χ3n) is 7.15. The third kappa shape index (κ3) is 6.01. The Balaban J connectivity index is 1.40. The molecule has 2 heterocycles. The van der Waals surface area contributed by atoms with Crippen LogP contribution < -0.4 is 15.5 Å². The zero-order valence-corrected chi connectivity index (χ0v) is 19.4. The number of morpholine rings is 1. The molecule has 7 nitrogen and oxygen atoms in total. The average molecular weight is 443 g/mol. The maximum Gasteiger partial charge on any atom is 0.253 e. The quantitative estimate of drug-likeness (QED) is 0.605. The highest BCUT2D eigenvalue weighted by Gasteiger charge is 2.26. The summed E-state index contributed by atoms with van der Waals surface area (Å²) in [7, 11) is 0. The molecule has 1 aliphatic carbocycles. The molecule has 0 aromatic heterocycles. The molecule has 4 rings (SSSR count). The predicted octanol–water partition coefficient (Wildman–Crippen LogP) is 3.11. The Morgan fingerprint density at radius 1 is 1.06 bits per heavy atom. The Morgan fingerprint density at radius 2 is 1.81 bits per heavy atom. The van der Waals surface area contributed by atoms with E-state index in [9.17, 15) is 9.59 Å². The summed E-state index contributed by atoms with van der Waals surface area (Å²) in [5.41, 5.74) is 2.36. The lowest BCUT2D eigenvalue weighted by atomic mass is 9.85. The van der Waals surface area contributed by atoms with Crippen molar-refractivity contribution in [1.29, 1.82) is 0 Å². The Labute approximate surface area is 191 Å². The van der Waals surface area contributed by atoms with Crippen LogP contribution in [0.25, 0.3) is 0 Å². The van der Waals surface area contributed by atoms with Crippen LogP contribution in [-0.2, 0) is 9.53 Å². The zero-order valence-electron chi connectivity index (χ0n) is 19.4. The second-order valence-corrected chi connectivity index (χ2v) is 9.58. The molecule has 2 N–H and O–H groups in total. The molecule has 32 heavy (non-hydrogen) atoms. The maximum absolute atomic E-state index is 13.2. The summed E-state index contributed by atoms with van der Waals surface area (Å²) in [5, 5.41) is 6.15. The van der Waals surface area contributed by atoms with Crippen molar-refractivity contribution in [1.82, 2.24) is 10.2 Å². The Hall–Kier alpha value is -2.12. The van der Waals surface area contributed by atoms with Gasteiger partial charge in [-0.05, 0) is 62.8 Å². The van der Waals surface area contributed by atoms with E-state index in [-0.39, 0.29) is 17.7 Å². The number of ether oxygens (including phenoxy) is 1. The van der Waals surface area contributed by atoms with Crippen LogP contribution in [0, 0.1) is 11.8 Å². The summed E-state index contributed by atoms with van der Waals surface area (Å²) in [6.45, 7) is 9.36. The molecule has 1 aromatic carbocycles. The van der Waals surface area contributed by atoms with Crippen molar-refractivity contribution < 1.29 is 14.3 Å². The normalized spacial score (nSPS) is 20.6. The predicted molar refractivity (Wildman–Crippen MR) is 127 cm³/mol. The highest BCUT2D eigenvalue weighted by atomic mass is 16.5. The lowest BCUT2D eigenvalue weighted by Crippen LogP contribution is -2.38. The van der Waals surface area contributed by atoms with Gasteiger partial charge in [-0.1, -0.05) is 13.3 Å². The van der Waals surface area contributed by atoms with Crippen molar-refractivity contribution in [2.24, 2.45) is 11.8 Å². The number of carbonyl (C=O) groups is 2. The first kappa shape index (κ1) is 23.1. The molecule has 176 valence electrons. The highest BCUT2D eigenvalue weighted by Crippen LogP contribution is 2.31. The first-order valence-electron chi connectivity index (χ1n) is 12.4. The molecule has 1 saturated carbocycles. The lowest BCUT2D eigenvalue weighted by molar-refractivity contribution is -0.122. The van der Waals surface area contributed by atoms with Crippen LogP contribution in [0.4, 0.5) is 11.4 Å². The van der Waals surface area contributed by atoms with Crippen LogP contribution in [0.2, 0.25) is 0 Å². The fraction of sp³-hybridized carbons (Fsp3) is 0.680. The molecule has 0 bridgehead atoms. The minimum atomic E-state index is -0.0552. The molecule has 1 aromatic rings. The summed E-state index contributed by atoms with van der Waals surface area (Å²) in [6.07, 6.45) is 6.25. The summed E-state index contributed by atoms with van der Waals surface area (Å²) in [6, 6.07) is 5.81. The van der Waals surface area contributed by atoms with E-state index in [2.05, 4.69) is 27.4 Å². The minimum Gasteiger partial charge on any atom is -0.379 e. The number of anilines is 2. The van der Waals surface area contributed by atoms with Crippen molar-refractivity contribution in [3.05, 3.63) is 23.8 Å². The molecule has 2 aliphatic heterocycles. The Kier molecular flexibility index (Phi) is 8.03. The number of rotatable bonds is 8. The number of nitrogens with zero attached hydrogens (tertiary/aromatic N) is 2. The van der Waals surface area contributed by atoms with E-state index in [1.807, 2.05) is 18.2 Å². The SMILES string of the molecule is CC1CCN(c2ccc(NC(=O)C3CCC3)cc2C(=O)NCCCN2CCOCC2)CC1. The van der Waals surface area contributed by atoms with E-state index >= 15 is 0 Å². The number of benzene rings is 1. The maximum atomic E-state index is 13.2. The van der Waals surface area contributed by atoms with Gasteiger partial charge >= 0.3 is 0 Å². The fourth-order valence-electron chi connectivity index (χ4n) is 4.66. The number of amides is 2. The molecule has 2 saturated heterocycles. The average Bonchev–Trinajstić information content (AvgIpc) is 2.77. The monoisotopic (exact) mass is 442 g/mol. The van der Waals surface area contributed by atoms with E-state index in [1.165, 1.54) is 0 Å².